The average Bonchev–Trinajstić information content (AvgIpc) is 2.76. The van der Waals surface area contributed by atoms with Gasteiger partial charge in [-0.25, -0.2) is 4.68 Å². The number of hydrogen-bond acceptors (Lipinski definition) is 5. The van der Waals surface area contributed by atoms with Crippen LogP contribution in [0, 0.1) is 0 Å². The maximum absolute atomic E-state index is 5.49. The van der Waals surface area contributed by atoms with Gasteiger partial charge >= 0.3 is 0 Å². The predicted molar refractivity (Wildman–Crippen MR) is 70.6 cm³/mol. The van der Waals surface area contributed by atoms with Crippen molar-refractivity contribution < 1.29 is 0 Å². The first-order valence-corrected chi connectivity index (χ1v) is 6.91. The lowest BCUT2D eigenvalue weighted by Gasteiger charge is -2.04. The van der Waals surface area contributed by atoms with Gasteiger partial charge in [0.25, 0.3) is 0 Å². The highest BCUT2D eigenvalue weighted by Crippen LogP contribution is 2.24. The Hall–Kier alpha value is -0.920. The molecule has 1 aromatic carbocycles. The van der Waals surface area contributed by atoms with E-state index in [4.69, 9.17) is 5.73 Å². The molecule has 1 heterocycles. The van der Waals surface area contributed by atoms with Gasteiger partial charge in [-0.05, 0) is 22.1 Å². The van der Waals surface area contributed by atoms with Crippen LogP contribution in [-0.2, 0) is 12.3 Å². The Labute approximate surface area is 112 Å². The van der Waals surface area contributed by atoms with Crippen LogP contribution in [-0.4, -0.2) is 26.8 Å². The summed E-state index contributed by atoms with van der Waals surface area (Å²) in [5, 5.41) is 12.3. The van der Waals surface area contributed by atoms with E-state index in [0.717, 1.165) is 15.4 Å². The van der Waals surface area contributed by atoms with Crippen molar-refractivity contribution in [3.63, 3.8) is 0 Å². The topological polar surface area (TPSA) is 69.6 Å². The number of aromatic nitrogens is 4. The summed E-state index contributed by atoms with van der Waals surface area (Å²) in [6.07, 6.45) is 0. The van der Waals surface area contributed by atoms with E-state index in [9.17, 15) is 0 Å². The zero-order valence-corrected chi connectivity index (χ0v) is 11.5. The van der Waals surface area contributed by atoms with E-state index < -0.39 is 0 Å². The maximum atomic E-state index is 5.49. The molecular weight excluding hydrogens is 302 g/mol. The highest BCUT2D eigenvalue weighted by molar-refractivity contribution is 9.10. The Balaban J connectivity index is 2.02. The van der Waals surface area contributed by atoms with Crippen molar-refractivity contribution in [2.45, 2.75) is 17.5 Å². The van der Waals surface area contributed by atoms with Crippen molar-refractivity contribution in [1.82, 2.24) is 20.2 Å². The molecule has 0 amide bonds. The van der Waals surface area contributed by atoms with Gasteiger partial charge in [0, 0.05) is 16.8 Å². The van der Waals surface area contributed by atoms with Gasteiger partial charge in [0.2, 0.25) is 5.16 Å². The van der Waals surface area contributed by atoms with Gasteiger partial charge in [0.15, 0.2) is 0 Å². The van der Waals surface area contributed by atoms with E-state index in [1.54, 1.807) is 16.4 Å². The smallest absolute Gasteiger partial charge is 0.209 e. The predicted octanol–water partition coefficient (Wildman–Crippen LogP) is 1.69. The number of halogens is 1. The molecule has 2 rings (SSSR count). The quantitative estimate of drug-likeness (QED) is 0.851. The number of thioether (sulfide) groups is 1. The number of benzene rings is 1. The van der Waals surface area contributed by atoms with Crippen LogP contribution in [0.15, 0.2) is 33.9 Å². The summed E-state index contributed by atoms with van der Waals surface area (Å²) in [5.41, 5.74) is 6.71. The van der Waals surface area contributed by atoms with Gasteiger partial charge < -0.3 is 5.73 Å². The lowest BCUT2D eigenvalue weighted by molar-refractivity contribution is 0.557. The van der Waals surface area contributed by atoms with Crippen LogP contribution >= 0.6 is 27.7 Å². The molecule has 0 aliphatic rings. The van der Waals surface area contributed by atoms with Crippen LogP contribution < -0.4 is 5.73 Å². The summed E-state index contributed by atoms with van der Waals surface area (Å²) in [6.45, 7) is 1.18. The second-order valence-electron chi connectivity index (χ2n) is 3.35. The summed E-state index contributed by atoms with van der Waals surface area (Å²) >= 11 is 5.12. The number of tetrazole rings is 1. The van der Waals surface area contributed by atoms with Gasteiger partial charge in [0.05, 0.1) is 6.54 Å². The molecule has 0 atom stereocenters. The van der Waals surface area contributed by atoms with Crippen molar-refractivity contribution in [2.75, 3.05) is 6.54 Å². The van der Waals surface area contributed by atoms with Crippen molar-refractivity contribution in [3.05, 3.63) is 34.3 Å². The Morgan fingerprint density at radius 2 is 2.18 bits per heavy atom. The SMILES string of the molecule is NCCn1nnnc1SCc1ccccc1Br. The van der Waals surface area contributed by atoms with Gasteiger partial charge in [-0.3, -0.25) is 0 Å². The molecule has 90 valence electrons. The van der Waals surface area contributed by atoms with Crippen molar-refractivity contribution in [3.8, 4) is 0 Å². The molecule has 0 aliphatic heterocycles. The molecular formula is C10H12BrN5S. The minimum absolute atomic E-state index is 0.535. The fraction of sp³-hybridized carbons (Fsp3) is 0.300. The Bertz CT molecular complexity index is 487. The fourth-order valence-corrected chi connectivity index (χ4v) is 2.84. The zero-order chi connectivity index (χ0) is 12.1. The van der Waals surface area contributed by atoms with Crippen molar-refractivity contribution >= 4 is 27.7 Å². The Morgan fingerprint density at radius 1 is 1.35 bits per heavy atom. The van der Waals surface area contributed by atoms with Crippen LogP contribution in [0.1, 0.15) is 5.56 Å². The van der Waals surface area contributed by atoms with E-state index in [-0.39, 0.29) is 0 Å². The summed E-state index contributed by atoms with van der Waals surface area (Å²) in [7, 11) is 0. The van der Waals surface area contributed by atoms with Gasteiger partial charge in [-0.2, -0.15) is 0 Å². The zero-order valence-electron chi connectivity index (χ0n) is 9.08. The first-order valence-electron chi connectivity index (χ1n) is 5.13. The lowest BCUT2D eigenvalue weighted by atomic mass is 10.2. The second kappa shape index (κ2) is 6.13. The van der Waals surface area contributed by atoms with Crippen LogP contribution in [0.25, 0.3) is 0 Å². The number of nitrogens with two attached hydrogens (primary N) is 1. The molecule has 5 nitrogen and oxygen atoms in total. The van der Waals surface area contributed by atoms with Crippen molar-refractivity contribution in [2.24, 2.45) is 5.73 Å². The monoisotopic (exact) mass is 313 g/mol. The van der Waals surface area contributed by atoms with Gasteiger partial charge in [-0.15, -0.1) is 5.10 Å². The molecule has 0 radical (unpaired) electrons. The summed E-state index contributed by atoms with van der Waals surface area (Å²) in [4.78, 5) is 0. The third kappa shape index (κ3) is 3.27. The van der Waals surface area contributed by atoms with E-state index >= 15 is 0 Å². The molecule has 0 aliphatic carbocycles. The number of rotatable bonds is 5. The van der Waals surface area contributed by atoms with E-state index in [1.165, 1.54) is 5.56 Å². The lowest BCUT2D eigenvalue weighted by Crippen LogP contribution is -2.12. The highest BCUT2D eigenvalue weighted by Gasteiger charge is 2.07. The maximum Gasteiger partial charge on any atom is 0.209 e. The summed E-state index contributed by atoms with van der Waals surface area (Å²) in [5.74, 6) is 0.826. The highest BCUT2D eigenvalue weighted by atomic mass is 79.9. The molecule has 0 spiro atoms. The summed E-state index contributed by atoms with van der Waals surface area (Å²) < 4.78 is 2.83. The standard InChI is InChI=1S/C10H12BrN5S/c11-9-4-2-1-3-8(9)7-17-10-13-14-15-16(10)6-5-12/h1-4H,5-7,12H2. The second-order valence-corrected chi connectivity index (χ2v) is 5.15. The number of hydrogen-bond donors (Lipinski definition) is 1. The van der Waals surface area contributed by atoms with Crippen LogP contribution in [0.2, 0.25) is 0 Å². The first-order chi connectivity index (χ1) is 8.31. The molecule has 0 saturated heterocycles. The van der Waals surface area contributed by atoms with Crippen molar-refractivity contribution in [1.29, 1.82) is 0 Å². The molecule has 17 heavy (non-hydrogen) atoms. The first kappa shape index (κ1) is 12.5. The third-order valence-electron chi connectivity index (χ3n) is 2.15. The Morgan fingerprint density at radius 3 is 2.94 bits per heavy atom. The van der Waals surface area contributed by atoms with Crippen LogP contribution in [0.4, 0.5) is 0 Å². The van der Waals surface area contributed by atoms with Crippen LogP contribution in [0.5, 0.6) is 0 Å². The molecule has 0 unspecified atom stereocenters. The van der Waals surface area contributed by atoms with E-state index in [1.807, 2.05) is 18.2 Å². The third-order valence-corrected chi connectivity index (χ3v) is 3.93. The molecule has 0 fully saturated rings. The molecule has 2 N–H and O–H groups in total. The molecule has 1 aromatic heterocycles. The molecule has 0 bridgehead atoms. The molecule has 2 aromatic rings. The summed E-state index contributed by atoms with van der Waals surface area (Å²) in [6, 6.07) is 8.12. The van der Waals surface area contributed by atoms with Crippen LogP contribution in [0.3, 0.4) is 0 Å². The van der Waals surface area contributed by atoms with E-state index in [0.29, 0.717) is 13.1 Å². The average molecular weight is 314 g/mol. The fourth-order valence-electron chi connectivity index (χ4n) is 1.32. The normalized spacial score (nSPS) is 10.7. The molecule has 0 saturated carbocycles. The van der Waals surface area contributed by atoms with Gasteiger partial charge in [-0.1, -0.05) is 45.9 Å². The Kier molecular flexibility index (Phi) is 4.52. The molecule has 7 heteroatoms. The van der Waals surface area contributed by atoms with E-state index in [2.05, 4.69) is 37.5 Å². The largest absolute Gasteiger partial charge is 0.329 e. The van der Waals surface area contributed by atoms with Gasteiger partial charge in [0.1, 0.15) is 0 Å². The minimum Gasteiger partial charge on any atom is -0.329 e. The number of nitrogens with zero attached hydrogens (tertiary/aromatic N) is 4. The minimum atomic E-state index is 0.535.